The van der Waals surface area contributed by atoms with E-state index in [1.807, 2.05) is 24.3 Å². The number of hydrogen-bond donors (Lipinski definition) is 0. The van der Waals surface area contributed by atoms with Crippen LogP contribution in [0.1, 0.15) is 15.9 Å². The van der Waals surface area contributed by atoms with Gasteiger partial charge in [0.1, 0.15) is 6.61 Å². The second-order valence-corrected chi connectivity index (χ2v) is 6.01. The SMILES string of the molecule is O=C(OCc1ccc(Br)cc1)c1cccc(N2C(=O)C=CC2=O)c1. The number of rotatable bonds is 4. The molecule has 0 aromatic heterocycles. The summed E-state index contributed by atoms with van der Waals surface area (Å²) in [6.07, 6.45) is 2.39. The maximum Gasteiger partial charge on any atom is 0.338 e. The molecule has 2 aromatic rings. The molecule has 1 heterocycles. The van der Waals surface area contributed by atoms with E-state index in [1.54, 1.807) is 18.2 Å². The van der Waals surface area contributed by atoms with Crippen molar-refractivity contribution < 1.29 is 19.1 Å². The van der Waals surface area contributed by atoms with Gasteiger partial charge in [0.2, 0.25) is 0 Å². The molecule has 0 bridgehead atoms. The van der Waals surface area contributed by atoms with E-state index in [0.717, 1.165) is 14.9 Å². The first-order valence-electron chi connectivity index (χ1n) is 7.12. The predicted molar refractivity (Wildman–Crippen MR) is 91.3 cm³/mol. The Bertz CT molecular complexity index is 824. The summed E-state index contributed by atoms with van der Waals surface area (Å²) in [6.45, 7) is 0.138. The number of esters is 1. The van der Waals surface area contributed by atoms with E-state index in [1.165, 1.54) is 18.2 Å². The molecule has 2 amide bonds. The van der Waals surface area contributed by atoms with Crippen LogP contribution in [0.2, 0.25) is 0 Å². The van der Waals surface area contributed by atoms with Gasteiger partial charge in [-0.15, -0.1) is 0 Å². The van der Waals surface area contributed by atoms with Crippen molar-refractivity contribution in [2.24, 2.45) is 0 Å². The first-order chi connectivity index (χ1) is 11.5. The minimum atomic E-state index is -0.521. The molecule has 2 aromatic carbocycles. The topological polar surface area (TPSA) is 63.7 Å². The van der Waals surface area contributed by atoms with Gasteiger partial charge in [-0.2, -0.15) is 0 Å². The molecule has 1 aliphatic heterocycles. The van der Waals surface area contributed by atoms with E-state index in [-0.39, 0.29) is 12.2 Å². The van der Waals surface area contributed by atoms with Crippen molar-refractivity contribution in [3.05, 3.63) is 76.3 Å². The number of carbonyl (C=O) groups excluding carboxylic acids is 3. The van der Waals surface area contributed by atoms with Crippen LogP contribution in [-0.4, -0.2) is 17.8 Å². The summed E-state index contributed by atoms with van der Waals surface area (Å²) in [5.41, 5.74) is 1.47. The summed E-state index contributed by atoms with van der Waals surface area (Å²) >= 11 is 3.34. The zero-order valence-electron chi connectivity index (χ0n) is 12.4. The quantitative estimate of drug-likeness (QED) is 0.598. The predicted octanol–water partition coefficient (Wildman–Crippen LogP) is 3.24. The Morgan fingerprint density at radius 2 is 1.67 bits per heavy atom. The van der Waals surface area contributed by atoms with Crippen LogP contribution < -0.4 is 4.90 Å². The van der Waals surface area contributed by atoms with Gasteiger partial charge in [0.15, 0.2) is 0 Å². The molecule has 3 rings (SSSR count). The fourth-order valence-electron chi connectivity index (χ4n) is 2.24. The molecule has 0 atom stereocenters. The lowest BCUT2D eigenvalue weighted by Gasteiger charge is -2.14. The molecule has 0 spiro atoms. The van der Waals surface area contributed by atoms with Crippen LogP contribution in [0, 0.1) is 0 Å². The van der Waals surface area contributed by atoms with Crippen LogP contribution in [-0.2, 0) is 20.9 Å². The molecule has 5 nitrogen and oxygen atoms in total. The number of anilines is 1. The summed E-state index contributed by atoms with van der Waals surface area (Å²) in [4.78, 5) is 36.6. The smallest absolute Gasteiger partial charge is 0.338 e. The van der Waals surface area contributed by atoms with Gasteiger partial charge in [0.05, 0.1) is 11.3 Å². The van der Waals surface area contributed by atoms with Gasteiger partial charge in [0, 0.05) is 16.6 Å². The Labute approximate surface area is 146 Å². The Morgan fingerprint density at radius 3 is 2.33 bits per heavy atom. The largest absolute Gasteiger partial charge is 0.457 e. The molecule has 120 valence electrons. The van der Waals surface area contributed by atoms with Gasteiger partial charge < -0.3 is 4.74 Å². The van der Waals surface area contributed by atoms with Crippen LogP contribution in [0.25, 0.3) is 0 Å². The molecule has 24 heavy (non-hydrogen) atoms. The standard InChI is InChI=1S/C18H12BrNO4/c19-14-6-4-12(5-7-14)11-24-18(23)13-2-1-3-15(10-13)20-16(21)8-9-17(20)22/h1-10H,11H2. The van der Waals surface area contributed by atoms with E-state index in [9.17, 15) is 14.4 Å². The van der Waals surface area contributed by atoms with Crippen LogP contribution in [0.5, 0.6) is 0 Å². The van der Waals surface area contributed by atoms with Crippen LogP contribution >= 0.6 is 15.9 Å². The van der Waals surface area contributed by atoms with E-state index in [2.05, 4.69) is 15.9 Å². The minimum absolute atomic E-state index is 0.138. The van der Waals surface area contributed by atoms with Crippen molar-refractivity contribution in [2.45, 2.75) is 6.61 Å². The second-order valence-electron chi connectivity index (χ2n) is 5.10. The maximum absolute atomic E-state index is 12.2. The highest BCUT2D eigenvalue weighted by molar-refractivity contribution is 9.10. The molecule has 0 aliphatic carbocycles. The third kappa shape index (κ3) is 3.44. The van der Waals surface area contributed by atoms with Crippen LogP contribution in [0.15, 0.2) is 65.2 Å². The van der Waals surface area contributed by atoms with Crippen molar-refractivity contribution in [1.29, 1.82) is 0 Å². The van der Waals surface area contributed by atoms with Gasteiger partial charge in [-0.3, -0.25) is 9.59 Å². The average Bonchev–Trinajstić information content (AvgIpc) is 2.93. The monoisotopic (exact) mass is 385 g/mol. The molecule has 0 saturated heterocycles. The van der Waals surface area contributed by atoms with Gasteiger partial charge in [-0.05, 0) is 35.9 Å². The molecular formula is C18H12BrNO4. The van der Waals surface area contributed by atoms with Gasteiger partial charge >= 0.3 is 5.97 Å². The highest BCUT2D eigenvalue weighted by Gasteiger charge is 2.25. The second kappa shape index (κ2) is 6.80. The Kier molecular flexibility index (Phi) is 4.57. The number of halogens is 1. The lowest BCUT2D eigenvalue weighted by Crippen LogP contribution is -2.29. The summed E-state index contributed by atoms with van der Waals surface area (Å²) < 4.78 is 6.21. The zero-order valence-corrected chi connectivity index (χ0v) is 14.0. The van der Waals surface area contributed by atoms with Crippen molar-refractivity contribution in [1.82, 2.24) is 0 Å². The number of ether oxygens (including phenoxy) is 1. The molecule has 0 saturated carbocycles. The normalized spacial score (nSPS) is 13.5. The molecule has 0 N–H and O–H groups in total. The van der Waals surface area contributed by atoms with Gasteiger partial charge in [-0.25, -0.2) is 9.69 Å². The zero-order chi connectivity index (χ0) is 17.1. The van der Waals surface area contributed by atoms with E-state index < -0.39 is 17.8 Å². The lowest BCUT2D eigenvalue weighted by atomic mass is 10.2. The number of carbonyl (C=O) groups is 3. The summed E-state index contributed by atoms with van der Waals surface area (Å²) in [5.74, 6) is -1.38. The highest BCUT2D eigenvalue weighted by Crippen LogP contribution is 2.21. The van der Waals surface area contributed by atoms with E-state index >= 15 is 0 Å². The summed E-state index contributed by atoms with van der Waals surface area (Å²) in [5, 5.41) is 0. The molecule has 6 heteroatoms. The van der Waals surface area contributed by atoms with Crippen molar-refractivity contribution in [3.63, 3.8) is 0 Å². The fourth-order valence-corrected chi connectivity index (χ4v) is 2.50. The molecule has 0 radical (unpaired) electrons. The summed E-state index contributed by atoms with van der Waals surface area (Å²) in [6, 6.07) is 13.7. The first-order valence-corrected chi connectivity index (χ1v) is 7.91. The maximum atomic E-state index is 12.2. The third-order valence-corrected chi connectivity index (χ3v) is 3.96. The molecule has 0 fully saturated rings. The molecule has 0 unspecified atom stereocenters. The third-order valence-electron chi connectivity index (χ3n) is 3.43. The van der Waals surface area contributed by atoms with Crippen LogP contribution in [0.4, 0.5) is 5.69 Å². The number of benzene rings is 2. The van der Waals surface area contributed by atoms with Crippen molar-refractivity contribution in [3.8, 4) is 0 Å². The number of nitrogens with zero attached hydrogens (tertiary/aromatic N) is 1. The number of amides is 2. The van der Waals surface area contributed by atoms with Crippen LogP contribution in [0.3, 0.4) is 0 Å². The lowest BCUT2D eigenvalue weighted by molar-refractivity contribution is -0.119. The van der Waals surface area contributed by atoms with Crippen molar-refractivity contribution in [2.75, 3.05) is 4.90 Å². The highest BCUT2D eigenvalue weighted by atomic mass is 79.9. The van der Waals surface area contributed by atoms with Gasteiger partial charge in [-0.1, -0.05) is 34.1 Å². The molecule has 1 aliphatic rings. The number of imide groups is 1. The first kappa shape index (κ1) is 16.1. The minimum Gasteiger partial charge on any atom is -0.457 e. The van der Waals surface area contributed by atoms with Crippen molar-refractivity contribution >= 4 is 39.4 Å². The fraction of sp³-hybridized carbons (Fsp3) is 0.0556. The molecular weight excluding hydrogens is 374 g/mol. The summed E-state index contributed by atoms with van der Waals surface area (Å²) in [7, 11) is 0. The Morgan fingerprint density at radius 1 is 1.00 bits per heavy atom. The Hall–Kier alpha value is -2.73. The van der Waals surface area contributed by atoms with E-state index in [0.29, 0.717) is 5.69 Å². The Balaban J connectivity index is 1.71. The average molecular weight is 386 g/mol. The number of hydrogen-bond acceptors (Lipinski definition) is 4. The van der Waals surface area contributed by atoms with E-state index in [4.69, 9.17) is 4.74 Å². The van der Waals surface area contributed by atoms with Gasteiger partial charge in [0.25, 0.3) is 11.8 Å².